The zero-order chi connectivity index (χ0) is 13.0. The Balaban J connectivity index is 2.13. The Labute approximate surface area is 119 Å². The minimum Gasteiger partial charge on any atom is -0.494 e. The van der Waals surface area contributed by atoms with Gasteiger partial charge in [0.25, 0.3) is 0 Å². The highest BCUT2D eigenvalue weighted by Crippen LogP contribution is 2.30. The number of aromatic nitrogens is 1. The Morgan fingerprint density at radius 2 is 1.89 bits per heavy atom. The fourth-order valence-electron chi connectivity index (χ4n) is 1.36. The quantitative estimate of drug-likeness (QED) is 0.816. The van der Waals surface area contributed by atoms with Crippen molar-refractivity contribution in [2.24, 2.45) is 0 Å². The Bertz CT molecular complexity index is 531. The summed E-state index contributed by atoms with van der Waals surface area (Å²) in [4.78, 5) is 4.10. The van der Waals surface area contributed by atoms with E-state index in [1.807, 2.05) is 31.2 Å². The summed E-state index contributed by atoms with van der Waals surface area (Å²) in [5.74, 6) is 1.98. The van der Waals surface area contributed by atoms with Crippen LogP contribution in [-0.4, -0.2) is 11.6 Å². The third kappa shape index (κ3) is 3.37. The largest absolute Gasteiger partial charge is 0.494 e. The third-order valence-corrected chi connectivity index (χ3v) is 2.90. The molecule has 5 heteroatoms. The molecular weight excluding hydrogens is 318 g/mol. The van der Waals surface area contributed by atoms with Crippen molar-refractivity contribution in [3.05, 3.63) is 46.0 Å². The third-order valence-electron chi connectivity index (χ3n) is 2.12. The van der Waals surface area contributed by atoms with Crippen LogP contribution in [0.15, 0.2) is 41.0 Å². The van der Waals surface area contributed by atoms with Crippen LogP contribution in [0.3, 0.4) is 0 Å². The van der Waals surface area contributed by atoms with E-state index in [9.17, 15) is 0 Å². The van der Waals surface area contributed by atoms with Gasteiger partial charge in [0.15, 0.2) is 0 Å². The molecule has 1 heterocycles. The standard InChI is InChI=1S/C13H11BrClNO2/c1-2-17-10-3-5-11(6-4-10)18-13-12(14)7-9(15)8-16-13/h3-8H,2H2,1H3. The first-order valence-corrected chi connectivity index (χ1v) is 6.58. The van der Waals surface area contributed by atoms with Gasteiger partial charge < -0.3 is 9.47 Å². The molecule has 0 aliphatic heterocycles. The molecule has 2 aromatic rings. The minimum absolute atomic E-state index is 0.476. The first-order valence-electron chi connectivity index (χ1n) is 5.41. The zero-order valence-electron chi connectivity index (χ0n) is 9.69. The molecule has 2 rings (SSSR count). The van der Waals surface area contributed by atoms with Crippen molar-refractivity contribution in [3.63, 3.8) is 0 Å². The topological polar surface area (TPSA) is 31.4 Å². The molecule has 0 spiro atoms. The highest BCUT2D eigenvalue weighted by Gasteiger charge is 2.05. The zero-order valence-corrected chi connectivity index (χ0v) is 12.0. The summed E-state index contributed by atoms with van der Waals surface area (Å²) in [6.07, 6.45) is 1.54. The van der Waals surface area contributed by atoms with E-state index in [-0.39, 0.29) is 0 Å². The van der Waals surface area contributed by atoms with Crippen LogP contribution in [0.5, 0.6) is 17.4 Å². The first-order chi connectivity index (χ1) is 8.69. The highest BCUT2D eigenvalue weighted by atomic mass is 79.9. The Hall–Kier alpha value is -1.26. The van der Waals surface area contributed by atoms with Crippen molar-refractivity contribution >= 4 is 27.5 Å². The Morgan fingerprint density at radius 1 is 1.22 bits per heavy atom. The number of hydrogen-bond donors (Lipinski definition) is 0. The van der Waals surface area contributed by atoms with E-state index in [0.717, 1.165) is 5.75 Å². The molecule has 0 aliphatic rings. The molecule has 0 bridgehead atoms. The predicted molar refractivity (Wildman–Crippen MR) is 74.6 cm³/mol. The molecule has 0 radical (unpaired) electrons. The van der Waals surface area contributed by atoms with Crippen LogP contribution in [0, 0.1) is 0 Å². The van der Waals surface area contributed by atoms with Crippen molar-refractivity contribution < 1.29 is 9.47 Å². The second-order valence-corrected chi connectivity index (χ2v) is 4.74. The van der Waals surface area contributed by atoms with Gasteiger partial charge in [-0.2, -0.15) is 0 Å². The minimum atomic E-state index is 0.476. The molecule has 0 N–H and O–H groups in total. The maximum absolute atomic E-state index is 5.81. The van der Waals surface area contributed by atoms with Gasteiger partial charge in [0.2, 0.25) is 5.88 Å². The van der Waals surface area contributed by atoms with Crippen LogP contribution in [0.2, 0.25) is 5.02 Å². The van der Waals surface area contributed by atoms with Gasteiger partial charge in [-0.3, -0.25) is 0 Å². The molecule has 0 unspecified atom stereocenters. The molecule has 3 nitrogen and oxygen atoms in total. The molecule has 1 aromatic carbocycles. The summed E-state index contributed by atoms with van der Waals surface area (Å²) in [5, 5.41) is 0.556. The van der Waals surface area contributed by atoms with Crippen molar-refractivity contribution in [2.75, 3.05) is 6.61 Å². The molecule has 0 saturated heterocycles. The van der Waals surface area contributed by atoms with Gasteiger partial charge >= 0.3 is 0 Å². The van der Waals surface area contributed by atoms with Crippen molar-refractivity contribution in [1.29, 1.82) is 0 Å². The van der Waals surface area contributed by atoms with Gasteiger partial charge in [-0.1, -0.05) is 11.6 Å². The number of benzene rings is 1. The Morgan fingerprint density at radius 3 is 2.50 bits per heavy atom. The molecule has 0 fully saturated rings. The van der Waals surface area contributed by atoms with E-state index in [0.29, 0.717) is 27.7 Å². The summed E-state index contributed by atoms with van der Waals surface area (Å²) < 4.78 is 11.7. The van der Waals surface area contributed by atoms with Gasteiger partial charge in [0, 0.05) is 6.20 Å². The first kappa shape index (κ1) is 13.2. The number of rotatable bonds is 4. The predicted octanol–water partition coefficient (Wildman–Crippen LogP) is 4.69. The van der Waals surface area contributed by atoms with Crippen LogP contribution < -0.4 is 9.47 Å². The summed E-state index contributed by atoms with van der Waals surface area (Å²) in [7, 11) is 0. The highest BCUT2D eigenvalue weighted by molar-refractivity contribution is 9.10. The molecule has 0 amide bonds. The van der Waals surface area contributed by atoms with Crippen LogP contribution in [0.4, 0.5) is 0 Å². The molecule has 1 aromatic heterocycles. The van der Waals surface area contributed by atoms with E-state index in [1.54, 1.807) is 6.07 Å². The van der Waals surface area contributed by atoms with Gasteiger partial charge in [-0.05, 0) is 53.2 Å². The van der Waals surface area contributed by atoms with Gasteiger partial charge in [-0.25, -0.2) is 4.98 Å². The number of ether oxygens (including phenoxy) is 2. The molecule has 0 atom stereocenters. The number of halogens is 2. The van der Waals surface area contributed by atoms with Crippen LogP contribution in [0.25, 0.3) is 0 Å². The lowest BCUT2D eigenvalue weighted by Crippen LogP contribution is -1.92. The van der Waals surface area contributed by atoms with E-state index in [1.165, 1.54) is 6.20 Å². The summed E-state index contributed by atoms with van der Waals surface area (Å²) in [5.41, 5.74) is 0. The van der Waals surface area contributed by atoms with Crippen molar-refractivity contribution in [2.45, 2.75) is 6.92 Å². The maximum Gasteiger partial charge on any atom is 0.233 e. The van der Waals surface area contributed by atoms with E-state index in [4.69, 9.17) is 21.1 Å². The fourth-order valence-corrected chi connectivity index (χ4v) is 2.08. The normalized spacial score (nSPS) is 10.2. The van der Waals surface area contributed by atoms with E-state index < -0.39 is 0 Å². The summed E-state index contributed by atoms with van der Waals surface area (Å²) in [6, 6.07) is 9.09. The summed E-state index contributed by atoms with van der Waals surface area (Å²) >= 11 is 9.16. The monoisotopic (exact) mass is 327 g/mol. The molecule has 94 valence electrons. The maximum atomic E-state index is 5.81. The number of nitrogens with zero attached hydrogens (tertiary/aromatic N) is 1. The van der Waals surface area contributed by atoms with E-state index in [2.05, 4.69) is 20.9 Å². The SMILES string of the molecule is CCOc1ccc(Oc2ncc(Cl)cc2Br)cc1. The smallest absolute Gasteiger partial charge is 0.233 e. The van der Waals surface area contributed by atoms with Crippen molar-refractivity contribution in [1.82, 2.24) is 4.98 Å². The van der Waals surface area contributed by atoms with Gasteiger partial charge in [0.05, 0.1) is 16.1 Å². The number of hydrogen-bond acceptors (Lipinski definition) is 3. The van der Waals surface area contributed by atoms with E-state index >= 15 is 0 Å². The lowest BCUT2D eigenvalue weighted by Gasteiger charge is -2.08. The molecule has 18 heavy (non-hydrogen) atoms. The number of pyridine rings is 1. The van der Waals surface area contributed by atoms with Crippen molar-refractivity contribution in [3.8, 4) is 17.4 Å². The second kappa shape index (κ2) is 6.07. The Kier molecular flexibility index (Phi) is 4.44. The summed E-state index contributed by atoms with van der Waals surface area (Å²) in [6.45, 7) is 2.59. The lowest BCUT2D eigenvalue weighted by atomic mass is 10.3. The molecule has 0 aliphatic carbocycles. The molecular formula is C13H11BrClNO2. The average Bonchev–Trinajstić information content (AvgIpc) is 2.35. The lowest BCUT2D eigenvalue weighted by molar-refractivity contribution is 0.339. The van der Waals surface area contributed by atoms with Crippen LogP contribution in [-0.2, 0) is 0 Å². The van der Waals surface area contributed by atoms with Crippen LogP contribution >= 0.6 is 27.5 Å². The molecule has 0 saturated carbocycles. The fraction of sp³-hybridized carbons (Fsp3) is 0.154. The van der Waals surface area contributed by atoms with Gasteiger partial charge in [-0.15, -0.1) is 0 Å². The second-order valence-electron chi connectivity index (χ2n) is 3.45. The van der Waals surface area contributed by atoms with Gasteiger partial charge in [0.1, 0.15) is 11.5 Å². The average molecular weight is 329 g/mol. The van der Waals surface area contributed by atoms with Crippen LogP contribution in [0.1, 0.15) is 6.92 Å².